The first-order valence-corrected chi connectivity index (χ1v) is 8.47. The number of fused-ring (bicyclic) bond motifs is 1. The van der Waals surface area contributed by atoms with E-state index in [2.05, 4.69) is 28.3 Å². The van der Waals surface area contributed by atoms with Gasteiger partial charge in [-0.15, -0.1) is 12.4 Å². The van der Waals surface area contributed by atoms with E-state index in [0.717, 1.165) is 53.3 Å². The van der Waals surface area contributed by atoms with Crippen LogP contribution in [0.25, 0.3) is 22.3 Å². The number of benzene rings is 1. The average Bonchev–Trinajstić information content (AvgIpc) is 3.04. The summed E-state index contributed by atoms with van der Waals surface area (Å²) in [6, 6.07) is 10.6. The predicted octanol–water partition coefficient (Wildman–Crippen LogP) is 3.09. The van der Waals surface area contributed by atoms with Crippen LogP contribution in [-0.2, 0) is 0 Å². The molecular formula is C19H25ClN4O2. The van der Waals surface area contributed by atoms with Crippen molar-refractivity contribution in [2.24, 2.45) is 0 Å². The molecule has 1 aromatic carbocycles. The highest BCUT2D eigenvalue weighted by atomic mass is 35.5. The molecule has 3 heterocycles. The number of aromatic amines is 1. The quantitative estimate of drug-likeness (QED) is 0.734. The third kappa shape index (κ3) is 3.82. The molecule has 0 bridgehead atoms. The van der Waals surface area contributed by atoms with Crippen molar-refractivity contribution in [3.8, 4) is 17.0 Å². The molecule has 6 nitrogen and oxygen atoms in total. The molecular weight excluding hydrogens is 352 g/mol. The highest BCUT2D eigenvalue weighted by molar-refractivity contribution is 5.85. The number of halogens is 1. The van der Waals surface area contributed by atoms with E-state index in [9.17, 15) is 0 Å². The molecule has 2 unspecified atom stereocenters. The Morgan fingerprint density at radius 3 is 2.81 bits per heavy atom. The van der Waals surface area contributed by atoms with Crippen molar-refractivity contribution in [1.82, 2.24) is 20.3 Å². The van der Waals surface area contributed by atoms with Gasteiger partial charge < -0.3 is 20.5 Å². The molecule has 2 atom stereocenters. The fourth-order valence-corrected chi connectivity index (χ4v) is 3.51. The van der Waals surface area contributed by atoms with Gasteiger partial charge in [-0.25, -0.2) is 9.97 Å². The number of hydrogen-bond acceptors (Lipinski definition) is 4. The number of methoxy groups -OCH3 is 1. The Balaban J connectivity index is 0.00000121. The molecule has 2 aromatic heterocycles. The second-order valence-corrected chi connectivity index (χ2v) is 6.49. The summed E-state index contributed by atoms with van der Waals surface area (Å²) < 4.78 is 5.46. The van der Waals surface area contributed by atoms with Crippen LogP contribution in [-0.4, -0.2) is 40.1 Å². The van der Waals surface area contributed by atoms with E-state index in [1.54, 1.807) is 7.11 Å². The lowest BCUT2D eigenvalue weighted by atomic mass is 9.92. The Labute approximate surface area is 159 Å². The zero-order valence-electron chi connectivity index (χ0n) is 15.0. The number of nitrogens with one attached hydrogen (secondary N) is 2. The number of aromatic nitrogens is 3. The molecule has 4 N–H and O–H groups in total. The smallest absolute Gasteiger partial charge is 0.132 e. The van der Waals surface area contributed by atoms with Crippen molar-refractivity contribution in [3.05, 3.63) is 42.4 Å². The van der Waals surface area contributed by atoms with Crippen LogP contribution in [0, 0.1) is 0 Å². The van der Waals surface area contributed by atoms with Gasteiger partial charge in [-0.05, 0) is 44.5 Å². The van der Waals surface area contributed by atoms with Crippen molar-refractivity contribution in [2.75, 3.05) is 13.7 Å². The van der Waals surface area contributed by atoms with Gasteiger partial charge in [0.05, 0.1) is 30.0 Å². The second-order valence-electron chi connectivity index (χ2n) is 6.49. The molecule has 1 saturated heterocycles. The number of hydrogen-bond donors (Lipinski definition) is 2. The number of para-hydroxylation sites is 1. The summed E-state index contributed by atoms with van der Waals surface area (Å²) in [5.74, 6) is 2.25. The van der Waals surface area contributed by atoms with Crippen molar-refractivity contribution < 1.29 is 10.2 Å². The van der Waals surface area contributed by atoms with Crippen LogP contribution in [0.15, 0.2) is 36.5 Å². The van der Waals surface area contributed by atoms with Crippen LogP contribution in [0.1, 0.15) is 31.5 Å². The second kappa shape index (κ2) is 8.49. The maximum absolute atomic E-state index is 5.46. The molecule has 0 amide bonds. The summed E-state index contributed by atoms with van der Waals surface area (Å²) in [6.45, 7) is 3.26. The fourth-order valence-electron chi connectivity index (χ4n) is 3.51. The van der Waals surface area contributed by atoms with E-state index in [1.165, 1.54) is 0 Å². The molecule has 1 fully saturated rings. The van der Waals surface area contributed by atoms with E-state index in [1.807, 2.05) is 30.5 Å². The predicted molar refractivity (Wildman–Crippen MR) is 106 cm³/mol. The molecule has 26 heavy (non-hydrogen) atoms. The molecule has 0 saturated carbocycles. The number of ether oxygens (including phenoxy) is 1. The monoisotopic (exact) mass is 376 g/mol. The van der Waals surface area contributed by atoms with E-state index >= 15 is 0 Å². The van der Waals surface area contributed by atoms with Gasteiger partial charge in [-0.3, -0.25) is 0 Å². The van der Waals surface area contributed by atoms with Crippen molar-refractivity contribution >= 4 is 23.4 Å². The van der Waals surface area contributed by atoms with E-state index in [0.29, 0.717) is 12.0 Å². The first kappa shape index (κ1) is 20.2. The Morgan fingerprint density at radius 2 is 2.04 bits per heavy atom. The number of piperidine rings is 1. The lowest BCUT2D eigenvalue weighted by molar-refractivity contribution is 0.371. The van der Waals surface area contributed by atoms with E-state index in [-0.39, 0.29) is 17.9 Å². The highest BCUT2D eigenvalue weighted by Gasteiger charge is 2.22. The Morgan fingerprint density at radius 1 is 1.23 bits per heavy atom. The topological polar surface area (TPSA) is 94.3 Å². The zero-order chi connectivity index (χ0) is 16.5. The number of H-pyrrole nitrogens is 1. The van der Waals surface area contributed by atoms with Crippen LogP contribution in [0.2, 0.25) is 0 Å². The normalized spacial score (nSPS) is 19.5. The largest absolute Gasteiger partial charge is 0.496 e. The van der Waals surface area contributed by atoms with Gasteiger partial charge >= 0.3 is 0 Å². The molecule has 1 aliphatic rings. The lowest BCUT2D eigenvalue weighted by Crippen LogP contribution is -2.35. The van der Waals surface area contributed by atoms with E-state index < -0.39 is 0 Å². The van der Waals surface area contributed by atoms with Gasteiger partial charge in [0.15, 0.2) is 0 Å². The van der Waals surface area contributed by atoms with Crippen molar-refractivity contribution in [1.29, 1.82) is 0 Å². The van der Waals surface area contributed by atoms with Crippen LogP contribution < -0.4 is 10.1 Å². The number of nitrogens with zero attached hydrogens (tertiary/aromatic N) is 2. The third-order valence-corrected chi connectivity index (χ3v) is 4.77. The SMILES string of the molecule is COc1ccccc1-c1cc2nc(C3CCNC(C)C3)ncc2[nH]1.Cl.O. The van der Waals surface area contributed by atoms with Crippen molar-refractivity contribution in [2.45, 2.75) is 31.7 Å². The Kier molecular flexibility index (Phi) is 6.58. The first-order chi connectivity index (χ1) is 11.7. The Hall–Kier alpha value is -2.15. The summed E-state index contributed by atoms with van der Waals surface area (Å²) in [4.78, 5) is 12.8. The van der Waals surface area contributed by atoms with Gasteiger partial charge in [-0.2, -0.15) is 0 Å². The van der Waals surface area contributed by atoms with Crippen molar-refractivity contribution in [3.63, 3.8) is 0 Å². The minimum atomic E-state index is 0. The molecule has 4 rings (SSSR count). The highest BCUT2D eigenvalue weighted by Crippen LogP contribution is 2.32. The van der Waals surface area contributed by atoms with Crippen LogP contribution in [0.5, 0.6) is 5.75 Å². The maximum Gasteiger partial charge on any atom is 0.132 e. The zero-order valence-corrected chi connectivity index (χ0v) is 15.8. The summed E-state index contributed by atoms with van der Waals surface area (Å²) in [5.41, 5.74) is 3.97. The molecule has 1 aliphatic heterocycles. The van der Waals surface area contributed by atoms with Crippen LogP contribution in [0.3, 0.4) is 0 Å². The Bertz CT molecular complexity index is 868. The van der Waals surface area contributed by atoms with Gasteiger partial charge in [0, 0.05) is 17.5 Å². The average molecular weight is 377 g/mol. The summed E-state index contributed by atoms with van der Waals surface area (Å²) in [7, 11) is 1.69. The van der Waals surface area contributed by atoms with Crippen LogP contribution >= 0.6 is 12.4 Å². The van der Waals surface area contributed by atoms with Gasteiger partial charge in [0.25, 0.3) is 0 Å². The summed E-state index contributed by atoms with van der Waals surface area (Å²) >= 11 is 0. The standard InChI is InChI=1S/C19H22N4O.ClH.H2O/c1-12-9-13(7-8-20-12)19-21-11-17-16(23-19)10-15(22-17)14-5-3-4-6-18(14)24-2;;/h3-6,10-13,20,22H,7-9H2,1-2H3;1H;1H2. The molecule has 0 radical (unpaired) electrons. The minimum absolute atomic E-state index is 0. The summed E-state index contributed by atoms with van der Waals surface area (Å²) in [5, 5.41) is 3.48. The molecule has 0 spiro atoms. The van der Waals surface area contributed by atoms with Gasteiger partial charge in [0.2, 0.25) is 0 Å². The molecule has 0 aliphatic carbocycles. The third-order valence-electron chi connectivity index (χ3n) is 4.77. The summed E-state index contributed by atoms with van der Waals surface area (Å²) in [6.07, 6.45) is 4.10. The fraction of sp³-hybridized carbons (Fsp3) is 0.368. The van der Waals surface area contributed by atoms with E-state index in [4.69, 9.17) is 9.72 Å². The number of rotatable bonds is 3. The lowest BCUT2D eigenvalue weighted by Gasteiger charge is -2.26. The maximum atomic E-state index is 5.46. The van der Waals surface area contributed by atoms with Crippen LogP contribution in [0.4, 0.5) is 0 Å². The molecule has 7 heteroatoms. The first-order valence-electron chi connectivity index (χ1n) is 8.47. The molecule has 140 valence electrons. The molecule has 3 aromatic rings. The van der Waals surface area contributed by atoms with Gasteiger partial charge in [-0.1, -0.05) is 12.1 Å². The minimum Gasteiger partial charge on any atom is -0.496 e. The van der Waals surface area contributed by atoms with Gasteiger partial charge in [0.1, 0.15) is 11.6 Å².